The van der Waals surface area contributed by atoms with Crippen LogP contribution in [0, 0.1) is 0 Å². The van der Waals surface area contributed by atoms with E-state index >= 15 is 0 Å². The summed E-state index contributed by atoms with van der Waals surface area (Å²) in [4.78, 5) is 0. The molecule has 2 aromatic carbocycles. The maximum absolute atomic E-state index is 12.3. The fourth-order valence-corrected chi connectivity index (χ4v) is 2.64. The summed E-state index contributed by atoms with van der Waals surface area (Å²) in [5, 5.41) is 3.21. The van der Waals surface area contributed by atoms with E-state index in [-0.39, 0.29) is 11.8 Å². The summed E-state index contributed by atoms with van der Waals surface area (Å²) in [7, 11) is 1.85. The molecule has 0 bridgehead atoms. The number of ether oxygens (including phenoxy) is 1. The van der Waals surface area contributed by atoms with Crippen LogP contribution in [0.25, 0.3) is 0 Å². The number of halogens is 3. The Hall–Kier alpha value is -1.46. The lowest BCUT2D eigenvalue weighted by atomic mass is 9.99. The van der Waals surface area contributed by atoms with Crippen LogP contribution in [0.4, 0.5) is 8.78 Å². The van der Waals surface area contributed by atoms with Crippen LogP contribution in [0.1, 0.15) is 17.2 Å². The van der Waals surface area contributed by atoms with Crippen molar-refractivity contribution in [2.24, 2.45) is 0 Å². The highest BCUT2D eigenvalue weighted by Crippen LogP contribution is 2.24. The first kappa shape index (κ1) is 15.9. The van der Waals surface area contributed by atoms with Gasteiger partial charge >= 0.3 is 6.61 Å². The van der Waals surface area contributed by atoms with Gasteiger partial charge in [0.15, 0.2) is 0 Å². The molecule has 0 aliphatic rings. The first-order valence-corrected chi connectivity index (χ1v) is 7.34. The fraction of sp³-hybridized carbons (Fsp3) is 0.250. The molecule has 1 atom stereocenters. The monoisotopic (exact) mass is 355 g/mol. The third-order valence-electron chi connectivity index (χ3n) is 3.16. The SMILES string of the molecule is CNC(Cc1cccc(Br)c1)c1cccc(OC(F)F)c1. The molecule has 0 saturated carbocycles. The normalized spacial score (nSPS) is 12.4. The molecule has 0 aliphatic heterocycles. The number of hydrogen-bond donors (Lipinski definition) is 1. The van der Waals surface area contributed by atoms with Gasteiger partial charge < -0.3 is 10.1 Å². The number of nitrogens with one attached hydrogen (secondary N) is 1. The van der Waals surface area contributed by atoms with Gasteiger partial charge in [0.05, 0.1) is 0 Å². The van der Waals surface area contributed by atoms with Gasteiger partial charge in [0, 0.05) is 10.5 Å². The summed E-state index contributed by atoms with van der Waals surface area (Å²) in [6.45, 7) is -2.81. The largest absolute Gasteiger partial charge is 0.435 e. The molecule has 1 N–H and O–H groups in total. The van der Waals surface area contributed by atoms with Crippen molar-refractivity contribution in [1.82, 2.24) is 5.32 Å². The Bertz CT molecular complexity index is 592. The van der Waals surface area contributed by atoms with Crippen molar-refractivity contribution in [2.45, 2.75) is 19.1 Å². The highest BCUT2D eigenvalue weighted by atomic mass is 79.9. The molecule has 2 aromatic rings. The lowest BCUT2D eigenvalue weighted by molar-refractivity contribution is -0.0499. The second kappa shape index (κ2) is 7.52. The summed E-state index contributed by atoms with van der Waals surface area (Å²) in [5.74, 6) is 0.178. The lowest BCUT2D eigenvalue weighted by Crippen LogP contribution is -2.19. The predicted molar refractivity (Wildman–Crippen MR) is 82.7 cm³/mol. The Morgan fingerprint density at radius 1 is 1.14 bits per heavy atom. The van der Waals surface area contributed by atoms with E-state index in [2.05, 4.69) is 26.0 Å². The summed E-state index contributed by atoms with van der Waals surface area (Å²) in [5.41, 5.74) is 2.07. The van der Waals surface area contributed by atoms with Crippen LogP contribution in [-0.4, -0.2) is 13.7 Å². The van der Waals surface area contributed by atoms with Gasteiger partial charge in [-0.3, -0.25) is 0 Å². The van der Waals surface area contributed by atoms with Crippen molar-refractivity contribution < 1.29 is 13.5 Å². The minimum atomic E-state index is -2.81. The van der Waals surface area contributed by atoms with E-state index in [1.165, 1.54) is 6.07 Å². The Morgan fingerprint density at radius 2 is 1.90 bits per heavy atom. The van der Waals surface area contributed by atoms with Gasteiger partial charge in [-0.05, 0) is 48.9 Å². The molecule has 0 fully saturated rings. The minimum absolute atomic E-state index is 0.0283. The van der Waals surface area contributed by atoms with Gasteiger partial charge in [-0.2, -0.15) is 8.78 Å². The maximum Gasteiger partial charge on any atom is 0.387 e. The zero-order valence-corrected chi connectivity index (χ0v) is 13.1. The third kappa shape index (κ3) is 4.79. The molecule has 112 valence electrons. The van der Waals surface area contributed by atoms with Crippen molar-refractivity contribution in [1.29, 1.82) is 0 Å². The van der Waals surface area contributed by atoms with E-state index in [1.54, 1.807) is 12.1 Å². The van der Waals surface area contributed by atoms with Crippen LogP contribution in [-0.2, 0) is 6.42 Å². The molecule has 1 unspecified atom stereocenters. The van der Waals surface area contributed by atoms with Gasteiger partial charge in [0.2, 0.25) is 0 Å². The molecule has 0 spiro atoms. The number of hydrogen-bond acceptors (Lipinski definition) is 2. The smallest absolute Gasteiger partial charge is 0.387 e. The van der Waals surface area contributed by atoms with Crippen molar-refractivity contribution >= 4 is 15.9 Å². The standard InChI is InChI=1S/C16H16BrF2NO/c1-20-15(9-11-4-2-6-13(17)8-11)12-5-3-7-14(10-12)21-16(18)19/h2-8,10,15-16,20H,9H2,1H3. The Labute approximate surface area is 131 Å². The number of benzene rings is 2. The lowest BCUT2D eigenvalue weighted by Gasteiger charge is -2.18. The summed E-state index contributed by atoms with van der Waals surface area (Å²) in [6, 6.07) is 14.8. The molecule has 0 aliphatic carbocycles. The van der Waals surface area contributed by atoms with Crippen LogP contribution in [0.2, 0.25) is 0 Å². The molecule has 21 heavy (non-hydrogen) atoms. The second-order valence-electron chi connectivity index (χ2n) is 4.63. The minimum Gasteiger partial charge on any atom is -0.435 e. The third-order valence-corrected chi connectivity index (χ3v) is 3.66. The summed E-state index contributed by atoms with van der Waals surface area (Å²) in [6.07, 6.45) is 0.758. The van der Waals surface area contributed by atoms with E-state index in [1.807, 2.05) is 37.4 Å². The zero-order valence-electron chi connectivity index (χ0n) is 11.5. The van der Waals surface area contributed by atoms with Crippen molar-refractivity contribution in [2.75, 3.05) is 7.05 Å². The van der Waals surface area contributed by atoms with E-state index in [9.17, 15) is 8.78 Å². The van der Waals surface area contributed by atoms with Gasteiger partial charge in [0.25, 0.3) is 0 Å². The van der Waals surface area contributed by atoms with Crippen LogP contribution in [0.5, 0.6) is 5.75 Å². The van der Waals surface area contributed by atoms with Crippen LogP contribution in [0.15, 0.2) is 53.0 Å². The first-order chi connectivity index (χ1) is 10.1. The maximum atomic E-state index is 12.3. The van der Waals surface area contributed by atoms with Gasteiger partial charge in [-0.1, -0.05) is 40.2 Å². The molecule has 0 saturated heterocycles. The molecule has 2 nitrogen and oxygen atoms in total. The second-order valence-corrected chi connectivity index (χ2v) is 5.54. The van der Waals surface area contributed by atoms with Crippen molar-refractivity contribution in [3.05, 3.63) is 64.1 Å². The summed E-state index contributed by atoms with van der Waals surface area (Å²) >= 11 is 3.45. The number of rotatable bonds is 6. The molecule has 2 rings (SSSR count). The highest BCUT2D eigenvalue weighted by molar-refractivity contribution is 9.10. The molecule has 0 amide bonds. The molecular weight excluding hydrogens is 340 g/mol. The number of likely N-dealkylation sites (N-methyl/N-ethyl adjacent to an activating group) is 1. The number of alkyl halides is 2. The van der Waals surface area contributed by atoms with Crippen LogP contribution in [0.3, 0.4) is 0 Å². The molecular formula is C16H16BrF2NO. The van der Waals surface area contributed by atoms with Crippen LogP contribution >= 0.6 is 15.9 Å². The van der Waals surface area contributed by atoms with Crippen molar-refractivity contribution in [3.63, 3.8) is 0 Å². The van der Waals surface area contributed by atoms with Gasteiger partial charge in [-0.15, -0.1) is 0 Å². The topological polar surface area (TPSA) is 21.3 Å². The van der Waals surface area contributed by atoms with E-state index in [4.69, 9.17) is 0 Å². The summed E-state index contributed by atoms with van der Waals surface area (Å²) < 4.78 is 30.0. The Kier molecular flexibility index (Phi) is 5.70. The van der Waals surface area contributed by atoms with Gasteiger partial charge in [-0.25, -0.2) is 0 Å². The molecule has 0 radical (unpaired) electrons. The Morgan fingerprint density at radius 3 is 2.57 bits per heavy atom. The molecule has 0 aromatic heterocycles. The highest BCUT2D eigenvalue weighted by Gasteiger charge is 2.12. The predicted octanol–water partition coefficient (Wildman–Crippen LogP) is 4.55. The van der Waals surface area contributed by atoms with Crippen LogP contribution < -0.4 is 10.1 Å². The average molecular weight is 356 g/mol. The van der Waals surface area contributed by atoms with Gasteiger partial charge in [0.1, 0.15) is 5.75 Å². The zero-order chi connectivity index (χ0) is 15.2. The fourth-order valence-electron chi connectivity index (χ4n) is 2.19. The van der Waals surface area contributed by atoms with E-state index < -0.39 is 6.61 Å². The van der Waals surface area contributed by atoms with Crippen molar-refractivity contribution in [3.8, 4) is 5.75 Å². The average Bonchev–Trinajstić information content (AvgIpc) is 2.44. The van der Waals surface area contributed by atoms with E-state index in [0.717, 1.165) is 22.0 Å². The molecule has 5 heteroatoms. The molecule has 0 heterocycles. The first-order valence-electron chi connectivity index (χ1n) is 6.55. The quantitative estimate of drug-likeness (QED) is 0.820. The van der Waals surface area contributed by atoms with E-state index in [0.29, 0.717) is 0 Å². The Balaban J connectivity index is 2.17.